The zero-order valence-electron chi connectivity index (χ0n) is 12.5. The van der Waals surface area contributed by atoms with Crippen LogP contribution in [0.25, 0.3) is 0 Å². The highest BCUT2D eigenvalue weighted by Crippen LogP contribution is 2.17. The smallest absolute Gasteiger partial charge is 0.229 e. The van der Waals surface area contributed by atoms with Gasteiger partial charge in [0.25, 0.3) is 0 Å². The van der Waals surface area contributed by atoms with Crippen LogP contribution in [0, 0.1) is 0 Å². The highest BCUT2D eigenvalue weighted by Gasteiger charge is 2.19. The number of aryl methyl sites for hydroxylation is 1. The lowest BCUT2D eigenvalue weighted by molar-refractivity contribution is 0.445. The molecule has 2 aromatic heterocycles. The summed E-state index contributed by atoms with van der Waals surface area (Å²) in [6, 6.07) is 2.50. The fraction of sp³-hybridized carbons (Fsp3) is 0.500. The van der Waals surface area contributed by atoms with Gasteiger partial charge in [-0.3, -0.25) is 4.68 Å². The third-order valence-corrected chi connectivity index (χ3v) is 3.67. The van der Waals surface area contributed by atoms with Crippen molar-refractivity contribution in [2.45, 2.75) is 19.4 Å². The van der Waals surface area contributed by atoms with E-state index in [4.69, 9.17) is 0 Å². The molecule has 2 N–H and O–H groups in total. The molecule has 3 heterocycles. The third kappa shape index (κ3) is 3.30. The van der Waals surface area contributed by atoms with Crippen molar-refractivity contribution in [2.24, 2.45) is 7.05 Å². The van der Waals surface area contributed by atoms with Crippen molar-refractivity contribution < 1.29 is 0 Å². The minimum absolute atomic E-state index is 0.531. The van der Waals surface area contributed by atoms with Gasteiger partial charge < -0.3 is 15.5 Å². The molecule has 1 aliphatic heterocycles. The van der Waals surface area contributed by atoms with Crippen LogP contribution >= 0.6 is 0 Å². The molecule has 1 saturated heterocycles. The fourth-order valence-corrected chi connectivity index (χ4v) is 2.51. The van der Waals surface area contributed by atoms with Gasteiger partial charge in [0, 0.05) is 45.1 Å². The normalized spacial score (nSPS) is 18.8. The van der Waals surface area contributed by atoms with E-state index >= 15 is 0 Å². The monoisotopic (exact) mass is 287 g/mol. The summed E-state index contributed by atoms with van der Waals surface area (Å²) >= 11 is 0. The molecular formula is C14H21N7. The Balaban J connectivity index is 1.73. The summed E-state index contributed by atoms with van der Waals surface area (Å²) in [7, 11) is 1.88. The largest absolute Gasteiger partial charge is 0.354 e. The van der Waals surface area contributed by atoms with Crippen LogP contribution in [-0.2, 0) is 7.05 Å². The van der Waals surface area contributed by atoms with Gasteiger partial charge in [0.05, 0.1) is 11.9 Å². The quantitative estimate of drug-likeness (QED) is 0.879. The Morgan fingerprint density at radius 1 is 1.48 bits per heavy atom. The first-order valence-electron chi connectivity index (χ1n) is 7.31. The topological polar surface area (TPSA) is 70.9 Å². The molecule has 0 radical (unpaired) electrons. The van der Waals surface area contributed by atoms with Gasteiger partial charge >= 0.3 is 0 Å². The van der Waals surface area contributed by atoms with Gasteiger partial charge in [0.2, 0.25) is 5.95 Å². The molecule has 0 amide bonds. The first-order chi connectivity index (χ1) is 10.2. The molecule has 0 aliphatic carbocycles. The number of nitrogens with one attached hydrogen (secondary N) is 2. The van der Waals surface area contributed by atoms with E-state index in [1.807, 2.05) is 19.3 Å². The molecule has 0 saturated carbocycles. The Labute approximate surface area is 124 Å². The van der Waals surface area contributed by atoms with E-state index in [9.17, 15) is 0 Å². The summed E-state index contributed by atoms with van der Waals surface area (Å²) in [6.45, 7) is 5.16. The van der Waals surface area contributed by atoms with E-state index in [1.165, 1.54) is 0 Å². The molecular weight excluding hydrogens is 266 g/mol. The second kappa shape index (κ2) is 6.09. The summed E-state index contributed by atoms with van der Waals surface area (Å²) in [4.78, 5) is 11.2. The number of piperazine rings is 1. The van der Waals surface area contributed by atoms with Crippen LogP contribution in [-0.4, -0.2) is 45.4 Å². The van der Waals surface area contributed by atoms with E-state index in [2.05, 4.69) is 37.5 Å². The van der Waals surface area contributed by atoms with Gasteiger partial charge in [-0.1, -0.05) is 6.92 Å². The number of hydrogen-bond donors (Lipinski definition) is 2. The lowest BCUT2D eigenvalue weighted by Crippen LogP contribution is -2.50. The van der Waals surface area contributed by atoms with Crippen molar-refractivity contribution in [1.82, 2.24) is 25.1 Å². The second-order valence-electron chi connectivity index (χ2n) is 5.27. The van der Waals surface area contributed by atoms with Crippen LogP contribution in [0.5, 0.6) is 0 Å². The Bertz CT molecular complexity index is 595. The Kier molecular flexibility index (Phi) is 4.01. The number of nitrogens with zero attached hydrogens (tertiary/aromatic N) is 5. The molecule has 112 valence electrons. The maximum atomic E-state index is 4.61. The van der Waals surface area contributed by atoms with Crippen LogP contribution in [0.2, 0.25) is 0 Å². The minimum Gasteiger partial charge on any atom is -0.354 e. The second-order valence-corrected chi connectivity index (χ2v) is 5.27. The molecule has 21 heavy (non-hydrogen) atoms. The fourth-order valence-electron chi connectivity index (χ4n) is 2.51. The van der Waals surface area contributed by atoms with E-state index in [0.717, 1.165) is 37.6 Å². The molecule has 1 aliphatic rings. The molecule has 2 aromatic rings. The standard InChI is InChI=1S/C14H21N7/c1-3-11-10-21(7-6-15-11)13-4-5-16-14(19-13)18-12-8-17-20(2)9-12/h4-5,8-9,11,15H,3,6-7,10H2,1-2H3,(H,16,18,19). The van der Waals surface area contributed by atoms with Crippen molar-refractivity contribution in [3.8, 4) is 0 Å². The summed E-state index contributed by atoms with van der Waals surface area (Å²) < 4.78 is 1.74. The molecule has 1 fully saturated rings. The highest BCUT2D eigenvalue weighted by atomic mass is 15.3. The van der Waals surface area contributed by atoms with Gasteiger partial charge in [-0.2, -0.15) is 10.1 Å². The number of aromatic nitrogens is 4. The number of hydrogen-bond acceptors (Lipinski definition) is 6. The minimum atomic E-state index is 0.531. The molecule has 7 nitrogen and oxygen atoms in total. The average molecular weight is 287 g/mol. The van der Waals surface area contributed by atoms with Crippen LogP contribution in [0.3, 0.4) is 0 Å². The van der Waals surface area contributed by atoms with Crippen molar-refractivity contribution in [2.75, 3.05) is 29.9 Å². The predicted octanol–water partition coefficient (Wildman–Crippen LogP) is 1.14. The van der Waals surface area contributed by atoms with Crippen LogP contribution < -0.4 is 15.5 Å². The lowest BCUT2D eigenvalue weighted by Gasteiger charge is -2.34. The van der Waals surface area contributed by atoms with Crippen LogP contribution in [0.15, 0.2) is 24.7 Å². The van der Waals surface area contributed by atoms with Crippen molar-refractivity contribution >= 4 is 17.5 Å². The zero-order valence-corrected chi connectivity index (χ0v) is 12.5. The van der Waals surface area contributed by atoms with E-state index in [1.54, 1.807) is 17.1 Å². The molecule has 7 heteroatoms. The maximum absolute atomic E-state index is 4.61. The van der Waals surface area contributed by atoms with E-state index in [0.29, 0.717) is 12.0 Å². The molecule has 0 aromatic carbocycles. The molecule has 1 unspecified atom stereocenters. The van der Waals surface area contributed by atoms with Crippen LogP contribution in [0.1, 0.15) is 13.3 Å². The summed E-state index contributed by atoms with van der Waals surface area (Å²) in [5, 5.41) is 10.8. The summed E-state index contributed by atoms with van der Waals surface area (Å²) in [6.07, 6.45) is 6.58. The molecule has 1 atom stereocenters. The maximum Gasteiger partial charge on any atom is 0.229 e. The van der Waals surface area contributed by atoms with Crippen molar-refractivity contribution in [3.05, 3.63) is 24.7 Å². The Morgan fingerprint density at radius 2 is 2.38 bits per heavy atom. The molecule has 0 spiro atoms. The Morgan fingerprint density at radius 3 is 3.14 bits per heavy atom. The van der Waals surface area contributed by atoms with Gasteiger partial charge in [-0.25, -0.2) is 4.98 Å². The van der Waals surface area contributed by atoms with Gasteiger partial charge in [-0.15, -0.1) is 0 Å². The third-order valence-electron chi connectivity index (χ3n) is 3.67. The number of anilines is 3. The summed E-state index contributed by atoms with van der Waals surface area (Å²) in [5.74, 6) is 1.57. The van der Waals surface area contributed by atoms with Gasteiger partial charge in [0.15, 0.2) is 0 Å². The van der Waals surface area contributed by atoms with Gasteiger partial charge in [-0.05, 0) is 12.5 Å². The lowest BCUT2D eigenvalue weighted by atomic mass is 10.1. The first kappa shape index (κ1) is 13.8. The SMILES string of the molecule is CCC1CN(c2ccnc(Nc3cnn(C)c3)n2)CCN1. The Hall–Kier alpha value is -2.15. The van der Waals surface area contributed by atoms with E-state index in [-0.39, 0.29) is 0 Å². The van der Waals surface area contributed by atoms with Crippen molar-refractivity contribution in [3.63, 3.8) is 0 Å². The van der Waals surface area contributed by atoms with E-state index < -0.39 is 0 Å². The molecule has 0 bridgehead atoms. The summed E-state index contributed by atoms with van der Waals surface area (Å²) in [5.41, 5.74) is 0.890. The zero-order chi connectivity index (χ0) is 14.7. The van der Waals surface area contributed by atoms with Gasteiger partial charge in [0.1, 0.15) is 5.82 Å². The first-order valence-corrected chi connectivity index (χ1v) is 7.31. The molecule has 3 rings (SSSR count). The average Bonchev–Trinajstić information content (AvgIpc) is 2.93. The van der Waals surface area contributed by atoms with Crippen molar-refractivity contribution in [1.29, 1.82) is 0 Å². The predicted molar refractivity (Wildman–Crippen MR) is 82.8 cm³/mol. The van der Waals surface area contributed by atoms with Crippen LogP contribution in [0.4, 0.5) is 17.5 Å². The number of rotatable bonds is 4. The highest BCUT2D eigenvalue weighted by molar-refractivity contribution is 5.53.